The lowest BCUT2D eigenvalue weighted by Gasteiger charge is -2.09. The molecule has 0 aliphatic heterocycles. The van der Waals surface area contributed by atoms with Crippen molar-refractivity contribution < 1.29 is 15.0 Å². The van der Waals surface area contributed by atoms with E-state index in [1.54, 1.807) is 6.07 Å². The standard InChI is InChI=1S/C17H18O3S/c1-12(10-11-18)14-5-2-13(3-6-14)4-7-15-8-9-16(21-15)17(19)20/h2-9,12,18H,10-11H2,1H3,(H,19,20)/b7-4+. The van der Waals surface area contributed by atoms with Gasteiger partial charge in [0.15, 0.2) is 0 Å². The van der Waals surface area contributed by atoms with E-state index in [2.05, 4.69) is 19.1 Å². The lowest BCUT2D eigenvalue weighted by molar-refractivity contribution is 0.0702. The van der Waals surface area contributed by atoms with Crippen molar-refractivity contribution in [2.75, 3.05) is 6.61 Å². The summed E-state index contributed by atoms with van der Waals surface area (Å²) in [6.45, 7) is 2.30. The highest BCUT2D eigenvalue weighted by molar-refractivity contribution is 7.14. The molecule has 2 rings (SSSR count). The molecule has 1 aromatic heterocycles. The maximum absolute atomic E-state index is 10.8. The Balaban J connectivity index is 2.05. The van der Waals surface area contributed by atoms with E-state index >= 15 is 0 Å². The highest BCUT2D eigenvalue weighted by Crippen LogP contribution is 2.21. The molecular weight excluding hydrogens is 284 g/mol. The van der Waals surface area contributed by atoms with Crippen molar-refractivity contribution in [3.05, 3.63) is 57.3 Å². The van der Waals surface area contributed by atoms with Gasteiger partial charge < -0.3 is 10.2 Å². The Labute approximate surface area is 128 Å². The molecule has 0 fully saturated rings. The van der Waals surface area contributed by atoms with Gasteiger partial charge in [-0.1, -0.05) is 37.3 Å². The van der Waals surface area contributed by atoms with Crippen LogP contribution in [0.5, 0.6) is 0 Å². The number of carbonyl (C=O) groups is 1. The van der Waals surface area contributed by atoms with E-state index < -0.39 is 5.97 Å². The second kappa shape index (κ2) is 7.20. The number of rotatable bonds is 6. The van der Waals surface area contributed by atoms with E-state index in [0.29, 0.717) is 10.8 Å². The van der Waals surface area contributed by atoms with E-state index in [1.807, 2.05) is 30.4 Å². The number of aromatic carboxylic acids is 1. The molecule has 2 aromatic rings. The van der Waals surface area contributed by atoms with Crippen LogP contribution in [-0.4, -0.2) is 22.8 Å². The molecule has 0 aliphatic carbocycles. The van der Waals surface area contributed by atoms with Crippen molar-refractivity contribution in [1.82, 2.24) is 0 Å². The fraction of sp³-hybridized carbons (Fsp3) is 0.235. The smallest absolute Gasteiger partial charge is 0.345 e. The van der Waals surface area contributed by atoms with Gasteiger partial charge in [-0.15, -0.1) is 11.3 Å². The Morgan fingerprint density at radius 1 is 1.19 bits per heavy atom. The van der Waals surface area contributed by atoms with E-state index in [1.165, 1.54) is 16.9 Å². The second-order valence-electron chi connectivity index (χ2n) is 4.92. The van der Waals surface area contributed by atoms with Crippen LogP contribution >= 0.6 is 11.3 Å². The Bertz CT molecular complexity index is 626. The Kier molecular flexibility index (Phi) is 5.31. The van der Waals surface area contributed by atoms with Crippen LogP contribution in [0, 0.1) is 0 Å². The van der Waals surface area contributed by atoms with E-state index in [4.69, 9.17) is 10.2 Å². The largest absolute Gasteiger partial charge is 0.477 e. The van der Waals surface area contributed by atoms with Crippen molar-refractivity contribution in [3.8, 4) is 0 Å². The van der Waals surface area contributed by atoms with Gasteiger partial charge >= 0.3 is 5.97 Å². The van der Waals surface area contributed by atoms with Crippen molar-refractivity contribution in [1.29, 1.82) is 0 Å². The number of benzene rings is 1. The van der Waals surface area contributed by atoms with Gasteiger partial charge in [-0.2, -0.15) is 0 Å². The lowest BCUT2D eigenvalue weighted by Crippen LogP contribution is -1.96. The average Bonchev–Trinajstić information content (AvgIpc) is 2.95. The molecule has 0 bridgehead atoms. The molecule has 3 nitrogen and oxygen atoms in total. The monoisotopic (exact) mass is 302 g/mol. The van der Waals surface area contributed by atoms with Crippen molar-refractivity contribution in [2.24, 2.45) is 0 Å². The predicted octanol–water partition coefficient (Wildman–Crippen LogP) is 4.10. The molecule has 0 amide bonds. The van der Waals surface area contributed by atoms with Gasteiger partial charge in [0, 0.05) is 11.5 Å². The normalized spacial score (nSPS) is 12.7. The second-order valence-corrected chi connectivity index (χ2v) is 6.04. The van der Waals surface area contributed by atoms with Crippen LogP contribution < -0.4 is 0 Å². The van der Waals surface area contributed by atoms with Gasteiger partial charge in [0.2, 0.25) is 0 Å². The quantitative estimate of drug-likeness (QED) is 0.844. The molecule has 1 unspecified atom stereocenters. The summed E-state index contributed by atoms with van der Waals surface area (Å²) in [4.78, 5) is 12.1. The summed E-state index contributed by atoms with van der Waals surface area (Å²) < 4.78 is 0. The molecular formula is C17H18O3S. The van der Waals surface area contributed by atoms with Gasteiger partial charge in [0.1, 0.15) is 4.88 Å². The average molecular weight is 302 g/mol. The summed E-state index contributed by atoms with van der Waals surface area (Å²) in [7, 11) is 0. The summed E-state index contributed by atoms with van der Waals surface area (Å²) in [5, 5.41) is 17.8. The van der Waals surface area contributed by atoms with Crippen molar-refractivity contribution >= 4 is 29.5 Å². The molecule has 0 aliphatic rings. The number of aliphatic hydroxyl groups is 1. The van der Waals surface area contributed by atoms with Gasteiger partial charge in [-0.3, -0.25) is 0 Å². The molecule has 21 heavy (non-hydrogen) atoms. The molecule has 0 saturated heterocycles. The van der Waals surface area contributed by atoms with E-state index in [0.717, 1.165) is 16.9 Å². The number of thiophene rings is 1. The fourth-order valence-corrected chi connectivity index (χ4v) is 2.78. The molecule has 1 aromatic carbocycles. The molecule has 1 heterocycles. The summed E-state index contributed by atoms with van der Waals surface area (Å²) in [5.41, 5.74) is 2.28. The highest BCUT2D eigenvalue weighted by atomic mass is 32.1. The topological polar surface area (TPSA) is 57.5 Å². The molecule has 0 spiro atoms. The zero-order valence-electron chi connectivity index (χ0n) is 11.8. The Morgan fingerprint density at radius 3 is 2.48 bits per heavy atom. The third-order valence-electron chi connectivity index (χ3n) is 3.35. The van der Waals surface area contributed by atoms with E-state index in [-0.39, 0.29) is 6.61 Å². The predicted molar refractivity (Wildman–Crippen MR) is 86.8 cm³/mol. The maximum atomic E-state index is 10.8. The van der Waals surface area contributed by atoms with E-state index in [9.17, 15) is 4.79 Å². The number of hydrogen-bond donors (Lipinski definition) is 2. The first-order chi connectivity index (χ1) is 10.1. The third-order valence-corrected chi connectivity index (χ3v) is 4.38. The Hall–Kier alpha value is -1.91. The molecule has 110 valence electrons. The summed E-state index contributed by atoms with van der Waals surface area (Å²) in [6.07, 6.45) is 4.66. The summed E-state index contributed by atoms with van der Waals surface area (Å²) in [6, 6.07) is 11.6. The first kappa shape index (κ1) is 15.5. The molecule has 0 saturated carbocycles. The van der Waals surface area contributed by atoms with Crippen LogP contribution in [0.3, 0.4) is 0 Å². The Morgan fingerprint density at radius 2 is 1.90 bits per heavy atom. The number of hydrogen-bond acceptors (Lipinski definition) is 3. The number of aliphatic hydroxyl groups excluding tert-OH is 1. The molecule has 2 N–H and O–H groups in total. The van der Waals surface area contributed by atoms with Gasteiger partial charge in [-0.05, 0) is 41.7 Å². The van der Waals surface area contributed by atoms with Crippen molar-refractivity contribution in [2.45, 2.75) is 19.3 Å². The number of carboxylic acids is 1. The zero-order chi connectivity index (χ0) is 15.2. The fourth-order valence-electron chi connectivity index (χ4n) is 2.03. The van der Waals surface area contributed by atoms with Crippen LogP contribution in [0.4, 0.5) is 0 Å². The molecule has 0 radical (unpaired) electrons. The maximum Gasteiger partial charge on any atom is 0.345 e. The first-order valence-electron chi connectivity index (χ1n) is 6.82. The molecule has 4 heteroatoms. The molecule has 1 atom stereocenters. The van der Waals surface area contributed by atoms with Crippen LogP contribution in [0.2, 0.25) is 0 Å². The minimum absolute atomic E-state index is 0.201. The third kappa shape index (κ3) is 4.28. The van der Waals surface area contributed by atoms with Crippen LogP contribution in [0.1, 0.15) is 44.9 Å². The minimum Gasteiger partial charge on any atom is -0.477 e. The van der Waals surface area contributed by atoms with Crippen LogP contribution in [0.15, 0.2) is 36.4 Å². The minimum atomic E-state index is -0.887. The van der Waals surface area contributed by atoms with Crippen LogP contribution in [-0.2, 0) is 0 Å². The van der Waals surface area contributed by atoms with Crippen molar-refractivity contribution in [3.63, 3.8) is 0 Å². The van der Waals surface area contributed by atoms with Crippen LogP contribution in [0.25, 0.3) is 12.2 Å². The first-order valence-corrected chi connectivity index (χ1v) is 7.64. The summed E-state index contributed by atoms with van der Waals surface area (Å²) in [5.74, 6) is -0.537. The SMILES string of the molecule is CC(CCO)c1ccc(/C=C/c2ccc(C(=O)O)s2)cc1. The highest BCUT2D eigenvalue weighted by Gasteiger charge is 2.05. The number of carboxylic acid groups (broad SMARTS) is 1. The summed E-state index contributed by atoms with van der Waals surface area (Å²) >= 11 is 1.26. The van der Waals surface area contributed by atoms with Gasteiger partial charge in [-0.25, -0.2) is 4.79 Å². The lowest BCUT2D eigenvalue weighted by atomic mass is 9.97. The van der Waals surface area contributed by atoms with Gasteiger partial charge in [0.05, 0.1) is 0 Å². The zero-order valence-corrected chi connectivity index (χ0v) is 12.6. The van der Waals surface area contributed by atoms with Gasteiger partial charge in [0.25, 0.3) is 0 Å².